The third-order valence-corrected chi connectivity index (χ3v) is 11.6. The lowest BCUT2D eigenvalue weighted by molar-refractivity contribution is -0.146. The Morgan fingerprint density at radius 1 is 0.948 bits per heavy atom. The minimum Gasteiger partial charge on any atom is -0.465 e. The summed E-state index contributed by atoms with van der Waals surface area (Å²) in [6.45, 7) is 1.49. The summed E-state index contributed by atoms with van der Waals surface area (Å²) in [5, 5.41) is 14.3. The van der Waals surface area contributed by atoms with Gasteiger partial charge in [0.05, 0.1) is 19.5 Å². The fraction of sp³-hybridized carbons (Fsp3) is 0.535. The minimum atomic E-state index is -4.49. The molecule has 58 heavy (non-hydrogen) atoms. The predicted molar refractivity (Wildman–Crippen MR) is 223 cm³/mol. The molecule has 0 bridgehead atoms. The van der Waals surface area contributed by atoms with Crippen LogP contribution >= 0.6 is 7.75 Å². The largest absolute Gasteiger partial charge is 0.465 e. The molecule has 4 aromatic rings. The van der Waals surface area contributed by atoms with Crippen LogP contribution in [0.3, 0.4) is 0 Å². The van der Waals surface area contributed by atoms with Gasteiger partial charge in [0, 0.05) is 7.11 Å². The van der Waals surface area contributed by atoms with Crippen LogP contribution in [-0.2, 0) is 36.3 Å². The zero-order valence-electron chi connectivity index (χ0n) is 33.9. The molecule has 0 aliphatic rings. The Hall–Kier alpha value is -4.38. The van der Waals surface area contributed by atoms with E-state index in [1.807, 2.05) is 30.3 Å². The number of rotatable bonds is 29. The Balaban J connectivity index is 1.39. The fourth-order valence-electron chi connectivity index (χ4n) is 6.58. The monoisotopic (exact) mass is 822 g/mol. The number of anilines is 1. The van der Waals surface area contributed by atoms with Gasteiger partial charge in [-0.05, 0) is 30.5 Å². The summed E-state index contributed by atoms with van der Waals surface area (Å²) in [7, 11) is -3.24. The lowest BCUT2D eigenvalue weighted by Crippen LogP contribution is -2.49. The second-order valence-electron chi connectivity index (χ2n) is 14.5. The Morgan fingerprint density at radius 2 is 1.53 bits per heavy atom. The SMILES string of the molecule is C#C[C@](COP(=O)(N[C@@H](Cc1ccccc1)C(=O)OCCCCCCCCCCCCCCCC)Oc1ccccc1)(OC)[C@@H](O)Cn1cnc2c(N)nc(F)nc21. The Morgan fingerprint density at radius 3 is 2.12 bits per heavy atom. The number of aliphatic hydroxyl groups is 1. The number of nitrogens with zero attached hydrogens (tertiary/aromatic N) is 4. The molecule has 4 rings (SSSR count). The van der Waals surface area contributed by atoms with Crippen LogP contribution in [0.5, 0.6) is 5.75 Å². The molecule has 2 aromatic carbocycles. The van der Waals surface area contributed by atoms with Crippen molar-refractivity contribution < 1.29 is 37.4 Å². The van der Waals surface area contributed by atoms with E-state index in [1.54, 1.807) is 30.3 Å². The molecule has 2 heterocycles. The van der Waals surface area contributed by atoms with Crippen molar-refractivity contribution in [3.63, 3.8) is 0 Å². The summed E-state index contributed by atoms with van der Waals surface area (Å²) < 4.78 is 53.3. The summed E-state index contributed by atoms with van der Waals surface area (Å²) in [6.07, 6.45) is 21.6. The van der Waals surface area contributed by atoms with Crippen molar-refractivity contribution in [2.75, 3.05) is 26.1 Å². The van der Waals surface area contributed by atoms with Crippen molar-refractivity contribution in [3.05, 3.63) is 78.6 Å². The van der Waals surface area contributed by atoms with E-state index in [0.29, 0.717) is 6.42 Å². The van der Waals surface area contributed by atoms with E-state index in [9.17, 15) is 18.9 Å². The van der Waals surface area contributed by atoms with E-state index in [-0.39, 0.29) is 42.3 Å². The molecule has 0 amide bonds. The van der Waals surface area contributed by atoms with Crippen molar-refractivity contribution in [1.29, 1.82) is 0 Å². The molecule has 0 saturated heterocycles. The molecule has 13 nitrogen and oxygen atoms in total. The summed E-state index contributed by atoms with van der Waals surface area (Å²) in [5.74, 6) is 1.79. The molecule has 1 unspecified atom stereocenters. The van der Waals surface area contributed by atoms with E-state index in [4.69, 9.17) is 30.7 Å². The van der Waals surface area contributed by atoms with Gasteiger partial charge in [-0.15, -0.1) is 6.42 Å². The number of terminal acetylenes is 1. The first-order valence-corrected chi connectivity index (χ1v) is 22.0. The maximum atomic E-state index is 14.7. The second-order valence-corrected chi connectivity index (χ2v) is 16.2. The number of imidazole rings is 1. The molecule has 0 spiro atoms. The van der Waals surface area contributed by atoms with Gasteiger partial charge in [0.25, 0.3) is 0 Å². The van der Waals surface area contributed by atoms with Crippen LogP contribution in [0.2, 0.25) is 0 Å². The quantitative estimate of drug-likeness (QED) is 0.0157. The number of carbonyl (C=O) groups excluding carboxylic acids is 1. The van der Waals surface area contributed by atoms with Crippen LogP contribution in [0.1, 0.15) is 102 Å². The van der Waals surface area contributed by atoms with Crippen molar-refractivity contribution >= 4 is 30.7 Å². The van der Waals surface area contributed by atoms with Gasteiger partial charge >= 0.3 is 19.8 Å². The zero-order valence-corrected chi connectivity index (χ0v) is 34.8. The van der Waals surface area contributed by atoms with E-state index >= 15 is 0 Å². The molecule has 2 aromatic heterocycles. The van der Waals surface area contributed by atoms with Crippen molar-refractivity contribution in [2.24, 2.45) is 0 Å². The number of carbonyl (C=O) groups is 1. The van der Waals surface area contributed by atoms with Crippen LogP contribution < -0.4 is 15.3 Å². The molecular formula is C43H60FN6O7P. The van der Waals surface area contributed by atoms with Gasteiger partial charge in [0.2, 0.25) is 0 Å². The van der Waals surface area contributed by atoms with Crippen LogP contribution in [-0.4, -0.2) is 68.7 Å². The van der Waals surface area contributed by atoms with E-state index in [1.165, 1.54) is 82.2 Å². The number of esters is 1. The molecule has 0 aliphatic heterocycles. The first-order valence-electron chi connectivity index (χ1n) is 20.4. The van der Waals surface area contributed by atoms with E-state index < -0.39 is 44.1 Å². The van der Waals surface area contributed by atoms with Crippen molar-refractivity contribution in [1.82, 2.24) is 24.6 Å². The van der Waals surface area contributed by atoms with Crippen LogP contribution in [0.4, 0.5) is 10.2 Å². The van der Waals surface area contributed by atoms with Gasteiger partial charge in [-0.1, -0.05) is 145 Å². The highest BCUT2D eigenvalue weighted by Gasteiger charge is 2.43. The number of para-hydroxylation sites is 1. The van der Waals surface area contributed by atoms with Crippen molar-refractivity contribution in [2.45, 2.75) is 128 Å². The third-order valence-electron chi connectivity index (χ3n) is 10.0. The normalized spacial score (nSPS) is 14.6. The number of nitrogen functional groups attached to an aromatic ring is 1. The van der Waals surface area contributed by atoms with Crippen LogP contribution in [0.25, 0.3) is 11.2 Å². The van der Waals surface area contributed by atoms with Gasteiger partial charge in [0.1, 0.15) is 30.0 Å². The number of nitrogens with two attached hydrogens (primary N) is 1. The molecular weight excluding hydrogens is 762 g/mol. The van der Waals surface area contributed by atoms with Gasteiger partial charge in [0.15, 0.2) is 17.1 Å². The van der Waals surface area contributed by atoms with Crippen LogP contribution in [0.15, 0.2) is 67.0 Å². The molecule has 15 heteroatoms. The molecule has 0 fully saturated rings. The molecule has 4 N–H and O–H groups in total. The first-order chi connectivity index (χ1) is 28.1. The minimum absolute atomic E-state index is 0.0168. The summed E-state index contributed by atoms with van der Waals surface area (Å²) in [4.78, 5) is 25.0. The molecule has 0 radical (unpaired) electrons. The highest BCUT2D eigenvalue weighted by molar-refractivity contribution is 7.52. The maximum Gasteiger partial charge on any atom is 0.459 e. The summed E-state index contributed by atoms with van der Waals surface area (Å²) in [6, 6.07) is 16.3. The topological polar surface area (TPSA) is 173 Å². The number of halogens is 1. The number of unbranched alkanes of at least 4 members (excludes halogenated alkanes) is 13. The molecule has 316 valence electrons. The highest BCUT2D eigenvalue weighted by Crippen LogP contribution is 2.46. The fourth-order valence-corrected chi connectivity index (χ4v) is 8.10. The average molecular weight is 823 g/mol. The number of fused-ring (bicyclic) bond motifs is 1. The summed E-state index contributed by atoms with van der Waals surface area (Å²) in [5.41, 5.74) is 4.80. The average Bonchev–Trinajstić information content (AvgIpc) is 3.62. The number of hydrogen-bond acceptors (Lipinski definition) is 11. The Kier molecular flexibility index (Phi) is 19.6. The smallest absolute Gasteiger partial charge is 0.459 e. The van der Waals surface area contributed by atoms with Crippen LogP contribution in [0, 0.1) is 18.4 Å². The Labute approximate surface area is 342 Å². The second kappa shape index (κ2) is 24.5. The van der Waals surface area contributed by atoms with E-state index in [2.05, 4.69) is 32.9 Å². The number of benzene rings is 2. The predicted octanol–water partition coefficient (Wildman–Crippen LogP) is 8.36. The first kappa shape index (κ1) is 46.3. The number of ether oxygens (including phenoxy) is 2. The number of aromatic nitrogens is 4. The lowest BCUT2D eigenvalue weighted by Gasteiger charge is -2.33. The standard InChI is InChI=1S/C43H60FN6O7P/c1-4-6-7-8-9-10-11-12-13-14-15-16-17-24-29-55-41(52)36(30-34-25-20-18-21-26-34)49-58(53,57-35-27-22-19-23-28-35)56-32-43(5-2,54-3)37(51)31-50-33-46-38-39(45)47-42(44)48-40(38)50/h2,18-23,25-28,33,36-37,51H,4,6-17,24,29-32H2,1,3H3,(H,49,53)(H2,45,47,48)/t36-,37-,43+,58?/m0/s1. The number of aliphatic hydroxyl groups excluding tert-OH is 1. The maximum absolute atomic E-state index is 14.7. The number of hydrogen-bond donors (Lipinski definition) is 3. The highest BCUT2D eigenvalue weighted by atomic mass is 31.2. The molecule has 0 saturated carbocycles. The molecule has 4 atom stereocenters. The number of nitrogens with one attached hydrogen (secondary N) is 1. The molecule has 0 aliphatic carbocycles. The van der Waals surface area contributed by atoms with Crippen molar-refractivity contribution in [3.8, 4) is 18.1 Å². The van der Waals surface area contributed by atoms with Gasteiger partial charge < -0.3 is 29.4 Å². The van der Waals surface area contributed by atoms with Gasteiger partial charge in [-0.3, -0.25) is 9.32 Å². The van der Waals surface area contributed by atoms with Gasteiger partial charge in [-0.2, -0.15) is 19.4 Å². The van der Waals surface area contributed by atoms with E-state index in [0.717, 1.165) is 24.8 Å². The summed E-state index contributed by atoms with van der Waals surface area (Å²) >= 11 is 0. The third kappa shape index (κ3) is 14.8. The Bertz CT molecular complexity index is 1900. The number of methoxy groups -OCH3 is 1. The zero-order chi connectivity index (χ0) is 41.6. The van der Waals surface area contributed by atoms with Gasteiger partial charge in [-0.25, -0.2) is 9.55 Å². The lowest BCUT2D eigenvalue weighted by atomic mass is 9.98.